The van der Waals surface area contributed by atoms with Gasteiger partial charge < -0.3 is 15.0 Å². The van der Waals surface area contributed by atoms with E-state index in [9.17, 15) is 0 Å². The van der Waals surface area contributed by atoms with Crippen LogP contribution >= 0.6 is 27.3 Å². The summed E-state index contributed by atoms with van der Waals surface area (Å²) >= 11 is 5.14. The van der Waals surface area contributed by atoms with Gasteiger partial charge in [0, 0.05) is 41.6 Å². The summed E-state index contributed by atoms with van der Waals surface area (Å²) in [5.41, 5.74) is 4.30. The quantitative estimate of drug-likeness (QED) is 0.416. The van der Waals surface area contributed by atoms with Crippen molar-refractivity contribution in [3.05, 3.63) is 40.4 Å². The van der Waals surface area contributed by atoms with Crippen molar-refractivity contribution in [2.75, 3.05) is 37.7 Å². The zero-order valence-corrected chi connectivity index (χ0v) is 20.0. The molecule has 1 saturated heterocycles. The van der Waals surface area contributed by atoms with Crippen molar-refractivity contribution >= 4 is 53.6 Å². The maximum absolute atomic E-state index is 5.97. The van der Waals surface area contributed by atoms with Crippen LogP contribution < -0.4 is 15.0 Å². The highest BCUT2D eigenvalue weighted by molar-refractivity contribution is 9.10. The van der Waals surface area contributed by atoms with Gasteiger partial charge in [0.25, 0.3) is 0 Å². The highest BCUT2D eigenvalue weighted by Crippen LogP contribution is 2.40. The van der Waals surface area contributed by atoms with Crippen molar-refractivity contribution < 1.29 is 4.74 Å². The van der Waals surface area contributed by atoms with Crippen LogP contribution in [0.4, 0.5) is 5.95 Å². The number of anilines is 1. The fourth-order valence-electron chi connectivity index (χ4n) is 3.96. The van der Waals surface area contributed by atoms with Crippen LogP contribution in [0.15, 0.2) is 34.8 Å². The van der Waals surface area contributed by atoms with Gasteiger partial charge in [0.05, 0.1) is 12.3 Å². The van der Waals surface area contributed by atoms with Crippen LogP contribution in [0.25, 0.3) is 31.7 Å². The van der Waals surface area contributed by atoms with Crippen molar-refractivity contribution in [1.82, 2.24) is 20.3 Å². The number of hydrogen-bond acceptors (Lipinski definition) is 7. The van der Waals surface area contributed by atoms with Crippen molar-refractivity contribution in [2.24, 2.45) is 0 Å². The molecule has 3 aromatic heterocycles. The molecule has 160 valence electrons. The van der Waals surface area contributed by atoms with E-state index in [1.165, 1.54) is 5.56 Å². The Bertz CT molecular complexity index is 1230. The lowest BCUT2D eigenvalue weighted by Gasteiger charge is -2.27. The summed E-state index contributed by atoms with van der Waals surface area (Å²) in [4.78, 5) is 18.1. The molecular weight excluding hydrogens is 474 g/mol. The summed E-state index contributed by atoms with van der Waals surface area (Å²) in [5.74, 6) is 1.41. The second-order valence-corrected chi connectivity index (χ2v) is 9.40. The third-order valence-electron chi connectivity index (χ3n) is 5.53. The van der Waals surface area contributed by atoms with E-state index in [0.29, 0.717) is 12.5 Å². The normalized spacial score (nSPS) is 14.5. The van der Waals surface area contributed by atoms with Gasteiger partial charge >= 0.3 is 0 Å². The first-order chi connectivity index (χ1) is 15.2. The fourth-order valence-corrected chi connectivity index (χ4v) is 5.33. The molecule has 1 fully saturated rings. The molecule has 0 aliphatic carbocycles. The molecular formula is C23H24BrN5OS. The van der Waals surface area contributed by atoms with Gasteiger partial charge in [-0.15, -0.1) is 11.3 Å². The molecule has 31 heavy (non-hydrogen) atoms. The lowest BCUT2D eigenvalue weighted by molar-refractivity contribution is 0.331. The molecule has 4 heterocycles. The molecule has 1 aromatic carbocycles. The Balaban J connectivity index is 1.73. The fraction of sp³-hybridized carbons (Fsp3) is 0.348. The number of piperazine rings is 1. The lowest BCUT2D eigenvalue weighted by Crippen LogP contribution is -2.44. The molecule has 0 atom stereocenters. The summed E-state index contributed by atoms with van der Waals surface area (Å²) in [5, 5.41) is 4.52. The summed E-state index contributed by atoms with van der Waals surface area (Å²) in [6.07, 6.45) is 0.908. The maximum atomic E-state index is 5.97. The first-order valence-corrected chi connectivity index (χ1v) is 12.3. The van der Waals surface area contributed by atoms with Gasteiger partial charge in [-0.3, -0.25) is 0 Å². The molecule has 1 aliphatic heterocycles. The molecule has 0 radical (unpaired) electrons. The van der Waals surface area contributed by atoms with E-state index in [4.69, 9.17) is 19.7 Å². The number of ether oxygens (including phenoxy) is 1. The van der Waals surface area contributed by atoms with Crippen molar-refractivity contribution in [3.8, 4) is 17.1 Å². The summed E-state index contributed by atoms with van der Waals surface area (Å²) in [7, 11) is 0. The standard InChI is InChI=1S/C23H24BrN5OS/c1-3-14-13-17(15-5-7-16(24)8-6-15)26-22-18(14)19-20(31-22)21(30-4-2)28-23(27-19)29-11-9-25-10-12-29/h5-8,13,25H,3-4,9-12H2,1-2H3. The smallest absolute Gasteiger partial charge is 0.236 e. The SMILES string of the molecule is CCOc1nc(N2CCNCC2)nc2c1sc1nc(-c3ccc(Br)cc3)cc(CC)c12. The van der Waals surface area contributed by atoms with E-state index in [0.717, 1.165) is 74.7 Å². The zero-order valence-electron chi connectivity index (χ0n) is 17.6. The van der Waals surface area contributed by atoms with Crippen LogP contribution in [-0.4, -0.2) is 47.7 Å². The van der Waals surface area contributed by atoms with Crippen molar-refractivity contribution in [3.63, 3.8) is 0 Å². The number of aryl methyl sites for hydroxylation is 1. The summed E-state index contributed by atoms with van der Waals surface area (Å²) in [6, 6.07) is 10.5. The van der Waals surface area contributed by atoms with Crippen LogP contribution in [0.5, 0.6) is 5.88 Å². The molecule has 0 saturated carbocycles. The Hall–Kier alpha value is -2.29. The highest BCUT2D eigenvalue weighted by atomic mass is 79.9. The van der Waals surface area contributed by atoms with Crippen molar-refractivity contribution in [1.29, 1.82) is 0 Å². The van der Waals surface area contributed by atoms with E-state index in [-0.39, 0.29) is 0 Å². The molecule has 0 unspecified atom stereocenters. The molecule has 1 aliphatic rings. The second-order valence-electron chi connectivity index (χ2n) is 7.49. The van der Waals surface area contributed by atoms with Gasteiger partial charge in [-0.05, 0) is 37.1 Å². The third-order valence-corrected chi connectivity index (χ3v) is 7.12. The molecule has 5 rings (SSSR count). The number of rotatable bonds is 5. The Morgan fingerprint density at radius 2 is 1.87 bits per heavy atom. The number of benzene rings is 1. The third kappa shape index (κ3) is 3.88. The van der Waals surface area contributed by atoms with Crippen molar-refractivity contribution in [2.45, 2.75) is 20.3 Å². The molecule has 8 heteroatoms. The summed E-state index contributed by atoms with van der Waals surface area (Å²) < 4.78 is 8.01. The van der Waals surface area contributed by atoms with Gasteiger partial charge in [-0.25, -0.2) is 9.97 Å². The Morgan fingerprint density at radius 3 is 2.58 bits per heavy atom. The van der Waals surface area contributed by atoms with Crippen LogP contribution in [-0.2, 0) is 6.42 Å². The second kappa shape index (κ2) is 8.68. The van der Waals surface area contributed by atoms with Crippen LogP contribution in [0, 0.1) is 0 Å². The summed E-state index contributed by atoms with van der Waals surface area (Å²) in [6.45, 7) is 8.41. The average Bonchev–Trinajstić information content (AvgIpc) is 3.18. The number of hydrogen-bond donors (Lipinski definition) is 1. The van der Waals surface area contributed by atoms with Gasteiger partial charge in [0.2, 0.25) is 11.8 Å². The number of aromatic nitrogens is 3. The lowest BCUT2D eigenvalue weighted by atomic mass is 10.0. The minimum Gasteiger partial charge on any atom is -0.477 e. The predicted molar refractivity (Wildman–Crippen MR) is 131 cm³/mol. The van der Waals surface area contributed by atoms with E-state index in [1.54, 1.807) is 11.3 Å². The number of nitrogens with one attached hydrogen (secondary N) is 1. The van der Waals surface area contributed by atoms with E-state index in [2.05, 4.69) is 63.4 Å². The highest BCUT2D eigenvalue weighted by Gasteiger charge is 2.22. The van der Waals surface area contributed by atoms with E-state index < -0.39 is 0 Å². The van der Waals surface area contributed by atoms with Crippen LogP contribution in [0.2, 0.25) is 0 Å². The van der Waals surface area contributed by atoms with Crippen LogP contribution in [0.3, 0.4) is 0 Å². The first-order valence-electron chi connectivity index (χ1n) is 10.7. The average molecular weight is 498 g/mol. The molecule has 6 nitrogen and oxygen atoms in total. The first kappa shape index (κ1) is 20.6. The maximum Gasteiger partial charge on any atom is 0.236 e. The number of fused-ring (bicyclic) bond motifs is 3. The molecule has 1 N–H and O–H groups in total. The van der Waals surface area contributed by atoms with Gasteiger partial charge in [-0.1, -0.05) is 35.0 Å². The number of pyridine rings is 1. The van der Waals surface area contributed by atoms with E-state index in [1.807, 2.05) is 6.92 Å². The van der Waals surface area contributed by atoms with E-state index >= 15 is 0 Å². The molecule has 0 spiro atoms. The number of nitrogens with zero attached hydrogens (tertiary/aromatic N) is 4. The monoisotopic (exact) mass is 497 g/mol. The van der Waals surface area contributed by atoms with Gasteiger partial charge in [0.15, 0.2) is 0 Å². The van der Waals surface area contributed by atoms with Gasteiger partial charge in [-0.2, -0.15) is 4.98 Å². The molecule has 0 bridgehead atoms. The Kier molecular flexibility index (Phi) is 5.77. The molecule has 0 amide bonds. The molecule has 4 aromatic rings. The Morgan fingerprint density at radius 1 is 1.10 bits per heavy atom. The minimum atomic E-state index is 0.569. The van der Waals surface area contributed by atoms with Crippen LogP contribution in [0.1, 0.15) is 19.4 Å². The zero-order chi connectivity index (χ0) is 21.4. The topological polar surface area (TPSA) is 63.2 Å². The minimum absolute atomic E-state index is 0.569. The van der Waals surface area contributed by atoms with Gasteiger partial charge in [0.1, 0.15) is 15.0 Å². The Labute approximate surface area is 193 Å². The predicted octanol–water partition coefficient (Wildman–Crippen LogP) is 5.04. The number of halogens is 1. The number of thiophene rings is 1. The largest absolute Gasteiger partial charge is 0.477 e.